The molecule has 0 aromatic carbocycles. The number of hydrogen-bond acceptors (Lipinski definition) is 3. The monoisotopic (exact) mass is 372 g/mol. The highest BCUT2D eigenvalue weighted by Gasteiger charge is 2.18. The Labute approximate surface area is 123 Å². The number of nitrogens with zero attached hydrogens (tertiary/aromatic N) is 3. The summed E-state index contributed by atoms with van der Waals surface area (Å²) < 4.78 is 3.84. The van der Waals surface area contributed by atoms with Crippen LogP contribution in [0.4, 0.5) is 0 Å². The van der Waals surface area contributed by atoms with Gasteiger partial charge in [0, 0.05) is 33.4 Å². The highest BCUT2D eigenvalue weighted by Crippen LogP contribution is 2.28. The zero-order valence-electron chi connectivity index (χ0n) is 10.2. The molecule has 0 saturated heterocycles. The van der Waals surface area contributed by atoms with E-state index < -0.39 is 0 Å². The fourth-order valence-corrected chi connectivity index (χ4v) is 3.02. The van der Waals surface area contributed by atoms with Crippen LogP contribution < -0.4 is 5.32 Å². The minimum absolute atomic E-state index is 0.0350. The molecule has 1 unspecified atom stereocenters. The molecule has 0 saturated carbocycles. The van der Waals surface area contributed by atoms with Crippen LogP contribution in [-0.2, 0) is 6.54 Å². The van der Waals surface area contributed by atoms with Crippen molar-refractivity contribution in [1.29, 1.82) is 0 Å². The van der Waals surface area contributed by atoms with Crippen molar-refractivity contribution in [1.82, 2.24) is 20.1 Å². The average Bonchev–Trinajstić information content (AvgIpc) is 2.81. The van der Waals surface area contributed by atoms with Gasteiger partial charge in [0.05, 0.1) is 17.9 Å². The number of aromatic nitrogens is 3. The van der Waals surface area contributed by atoms with Crippen molar-refractivity contribution >= 4 is 31.9 Å². The largest absolute Gasteiger partial charge is 0.308 e. The Kier molecular flexibility index (Phi) is 4.53. The van der Waals surface area contributed by atoms with E-state index in [1.165, 1.54) is 0 Å². The van der Waals surface area contributed by atoms with Crippen LogP contribution >= 0.6 is 31.9 Å². The number of aryl methyl sites for hydroxylation is 1. The molecule has 2 aromatic heterocycles. The first kappa shape index (κ1) is 13.7. The van der Waals surface area contributed by atoms with E-state index in [0.29, 0.717) is 0 Å². The molecule has 2 heterocycles. The summed E-state index contributed by atoms with van der Waals surface area (Å²) in [5.41, 5.74) is 2.06. The van der Waals surface area contributed by atoms with Gasteiger partial charge in [-0.2, -0.15) is 5.10 Å². The van der Waals surface area contributed by atoms with Crippen LogP contribution in [0.25, 0.3) is 0 Å². The lowest BCUT2D eigenvalue weighted by atomic mass is 10.1. The molecule has 0 fully saturated rings. The summed E-state index contributed by atoms with van der Waals surface area (Å²) in [6.07, 6.45) is 5.72. The molecule has 0 bridgehead atoms. The highest BCUT2D eigenvalue weighted by atomic mass is 79.9. The summed E-state index contributed by atoms with van der Waals surface area (Å²) in [5, 5.41) is 7.57. The third kappa shape index (κ3) is 2.81. The first-order valence-electron chi connectivity index (χ1n) is 5.66. The highest BCUT2D eigenvalue weighted by molar-refractivity contribution is 9.11. The molecule has 0 radical (unpaired) electrons. The van der Waals surface area contributed by atoms with Crippen molar-refractivity contribution in [3.05, 3.63) is 44.9 Å². The van der Waals surface area contributed by atoms with E-state index in [1.54, 1.807) is 6.20 Å². The summed E-state index contributed by atoms with van der Waals surface area (Å²) in [6, 6.07) is 2.03. The third-order valence-electron chi connectivity index (χ3n) is 2.71. The molecular weight excluding hydrogens is 360 g/mol. The van der Waals surface area contributed by atoms with Gasteiger partial charge in [0.25, 0.3) is 0 Å². The lowest BCUT2D eigenvalue weighted by Gasteiger charge is -2.15. The van der Waals surface area contributed by atoms with Crippen molar-refractivity contribution in [2.45, 2.75) is 19.5 Å². The van der Waals surface area contributed by atoms with Crippen LogP contribution in [0.2, 0.25) is 0 Å². The van der Waals surface area contributed by atoms with Gasteiger partial charge in [-0.05, 0) is 51.9 Å². The van der Waals surface area contributed by atoms with E-state index >= 15 is 0 Å². The number of hydrogen-bond donors (Lipinski definition) is 1. The van der Waals surface area contributed by atoms with Crippen molar-refractivity contribution in [2.24, 2.45) is 0 Å². The zero-order chi connectivity index (χ0) is 13.1. The van der Waals surface area contributed by atoms with E-state index in [2.05, 4.69) is 54.2 Å². The minimum atomic E-state index is 0.0350. The van der Waals surface area contributed by atoms with Gasteiger partial charge >= 0.3 is 0 Å². The van der Waals surface area contributed by atoms with Crippen LogP contribution in [0.5, 0.6) is 0 Å². The summed E-state index contributed by atoms with van der Waals surface area (Å²) >= 11 is 6.96. The Balaban J connectivity index is 2.38. The van der Waals surface area contributed by atoms with Crippen LogP contribution in [0.3, 0.4) is 0 Å². The number of rotatable bonds is 4. The second kappa shape index (κ2) is 5.95. The Morgan fingerprint density at radius 3 is 2.72 bits per heavy atom. The molecule has 2 rings (SSSR count). The van der Waals surface area contributed by atoms with Gasteiger partial charge in [-0.3, -0.25) is 9.67 Å². The Bertz CT molecular complexity index is 539. The number of nitrogens with one attached hydrogen (secondary N) is 1. The fraction of sp³-hybridized carbons (Fsp3) is 0.333. The van der Waals surface area contributed by atoms with Gasteiger partial charge in [-0.1, -0.05) is 0 Å². The van der Waals surface area contributed by atoms with Gasteiger partial charge in [-0.15, -0.1) is 0 Å². The van der Waals surface area contributed by atoms with Crippen LogP contribution in [0.1, 0.15) is 24.2 Å². The quantitative estimate of drug-likeness (QED) is 0.895. The molecular formula is C12H14Br2N4. The third-order valence-corrected chi connectivity index (χ3v) is 3.78. The van der Waals surface area contributed by atoms with E-state index in [-0.39, 0.29) is 6.04 Å². The maximum absolute atomic E-state index is 4.47. The summed E-state index contributed by atoms with van der Waals surface area (Å²) in [6.45, 7) is 2.93. The second-order valence-corrected chi connectivity index (χ2v) is 5.64. The maximum Gasteiger partial charge on any atom is 0.0791 e. The molecule has 0 aliphatic heterocycles. The molecule has 4 nitrogen and oxygen atoms in total. The van der Waals surface area contributed by atoms with E-state index in [4.69, 9.17) is 0 Å². The summed E-state index contributed by atoms with van der Waals surface area (Å²) in [7, 11) is 1.92. The maximum atomic E-state index is 4.47. The Hall–Kier alpha value is -0.720. The normalized spacial score (nSPS) is 12.7. The standard InChI is InChI=1S/C12H14Br2N4/c1-3-18-7-8(5-17-18)11(15-2)12-10(14)4-9(13)6-16-12/h4-7,11,15H,3H2,1-2H3. The summed E-state index contributed by atoms with van der Waals surface area (Å²) in [4.78, 5) is 4.47. The number of pyridine rings is 1. The second-order valence-electron chi connectivity index (χ2n) is 3.87. The number of halogens is 2. The van der Waals surface area contributed by atoms with Crippen LogP contribution in [0, 0.1) is 0 Å². The van der Waals surface area contributed by atoms with Crippen LogP contribution in [-0.4, -0.2) is 21.8 Å². The smallest absolute Gasteiger partial charge is 0.0791 e. The molecule has 0 aliphatic carbocycles. The van der Waals surface area contributed by atoms with Gasteiger partial charge in [0.1, 0.15) is 0 Å². The van der Waals surface area contributed by atoms with E-state index in [9.17, 15) is 0 Å². The molecule has 96 valence electrons. The van der Waals surface area contributed by atoms with E-state index in [1.807, 2.05) is 30.2 Å². The average molecular weight is 374 g/mol. The van der Waals surface area contributed by atoms with Gasteiger partial charge in [0.2, 0.25) is 0 Å². The first-order chi connectivity index (χ1) is 8.65. The predicted molar refractivity (Wildman–Crippen MR) is 78.4 cm³/mol. The molecule has 1 N–H and O–H groups in total. The fourth-order valence-electron chi connectivity index (χ4n) is 1.80. The topological polar surface area (TPSA) is 42.7 Å². The van der Waals surface area contributed by atoms with Crippen molar-refractivity contribution in [2.75, 3.05) is 7.05 Å². The zero-order valence-corrected chi connectivity index (χ0v) is 13.4. The molecule has 1 atom stereocenters. The van der Waals surface area contributed by atoms with Gasteiger partial charge in [0.15, 0.2) is 0 Å². The first-order valence-corrected chi connectivity index (χ1v) is 7.24. The van der Waals surface area contributed by atoms with Crippen molar-refractivity contribution in [3.8, 4) is 0 Å². The van der Waals surface area contributed by atoms with Crippen molar-refractivity contribution in [3.63, 3.8) is 0 Å². The molecule has 0 aliphatic rings. The lowest BCUT2D eigenvalue weighted by molar-refractivity contribution is 0.648. The molecule has 2 aromatic rings. The lowest BCUT2D eigenvalue weighted by Crippen LogP contribution is -2.19. The minimum Gasteiger partial charge on any atom is -0.308 e. The molecule has 18 heavy (non-hydrogen) atoms. The Morgan fingerprint density at radius 1 is 1.39 bits per heavy atom. The molecule has 0 amide bonds. The molecule has 6 heteroatoms. The van der Waals surface area contributed by atoms with Crippen molar-refractivity contribution < 1.29 is 0 Å². The van der Waals surface area contributed by atoms with Gasteiger partial charge < -0.3 is 5.32 Å². The van der Waals surface area contributed by atoms with Gasteiger partial charge in [-0.25, -0.2) is 0 Å². The summed E-state index contributed by atoms with van der Waals surface area (Å²) in [5.74, 6) is 0. The van der Waals surface area contributed by atoms with Crippen LogP contribution in [0.15, 0.2) is 33.6 Å². The predicted octanol–water partition coefficient (Wildman–Crippen LogP) is 3.13. The SMILES string of the molecule is CCn1cc(C(NC)c2ncc(Br)cc2Br)cn1. The Morgan fingerprint density at radius 2 is 2.17 bits per heavy atom. The van der Waals surface area contributed by atoms with E-state index in [0.717, 1.165) is 26.7 Å². The molecule has 0 spiro atoms.